The zero-order chi connectivity index (χ0) is 20.1. The average Bonchev–Trinajstić information content (AvgIpc) is 3.05. The molecule has 0 fully saturated rings. The molecule has 0 saturated carbocycles. The van der Waals surface area contributed by atoms with Crippen LogP contribution in [0.1, 0.15) is 18.1 Å². The normalized spacial score (nSPS) is 15.4. The highest BCUT2D eigenvalue weighted by Gasteiger charge is 2.30. The maximum Gasteiger partial charge on any atom is 0.331 e. The highest BCUT2D eigenvalue weighted by Crippen LogP contribution is 2.32. The van der Waals surface area contributed by atoms with Gasteiger partial charge in [0.25, 0.3) is 5.91 Å². The molecule has 6 nitrogen and oxygen atoms in total. The summed E-state index contributed by atoms with van der Waals surface area (Å²) in [5, 5.41) is 0. The van der Waals surface area contributed by atoms with E-state index in [0.29, 0.717) is 17.1 Å². The first-order chi connectivity index (χ1) is 13.5. The number of anilines is 1. The molecule has 1 atom stereocenters. The topological polar surface area (TPSA) is 65.1 Å². The number of hydrogen-bond acceptors (Lipinski definition) is 5. The zero-order valence-electron chi connectivity index (χ0n) is 16.2. The van der Waals surface area contributed by atoms with Gasteiger partial charge in [0.1, 0.15) is 0 Å². The predicted octanol–water partition coefficient (Wildman–Crippen LogP) is 3.24. The highest BCUT2D eigenvalue weighted by molar-refractivity contribution is 5.98. The summed E-state index contributed by atoms with van der Waals surface area (Å²) in [6, 6.07) is 13.2. The van der Waals surface area contributed by atoms with Crippen LogP contribution >= 0.6 is 0 Å². The van der Waals surface area contributed by atoms with E-state index in [1.807, 2.05) is 31.2 Å². The second-order valence-corrected chi connectivity index (χ2v) is 6.47. The van der Waals surface area contributed by atoms with Crippen LogP contribution in [-0.2, 0) is 20.7 Å². The molecular weight excluding hydrogens is 358 g/mol. The maximum absolute atomic E-state index is 12.6. The van der Waals surface area contributed by atoms with Crippen LogP contribution in [0.5, 0.6) is 11.5 Å². The molecule has 3 rings (SSSR count). The fourth-order valence-corrected chi connectivity index (χ4v) is 3.40. The van der Waals surface area contributed by atoms with Crippen molar-refractivity contribution >= 4 is 23.6 Å². The molecule has 0 aliphatic carbocycles. The fraction of sp³-hybridized carbons (Fsp3) is 0.273. The van der Waals surface area contributed by atoms with Crippen LogP contribution in [-0.4, -0.2) is 38.7 Å². The molecule has 0 radical (unpaired) electrons. The van der Waals surface area contributed by atoms with Gasteiger partial charge in [0.05, 0.1) is 14.2 Å². The third kappa shape index (κ3) is 4.01. The average molecular weight is 381 g/mol. The van der Waals surface area contributed by atoms with E-state index in [-0.39, 0.29) is 18.6 Å². The van der Waals surface area contributed by atoms with Gasteiger partial charge < -0.3 is 19.1 Å². The molecule has 146 valence electrons. The lowest BCUT2D eigenvalue weighted by Crippen LogP contribution is -2.38. The van der Waals surface area contributed by atoms with Crippen molar-refractivity contribution in [1.82, 2.24) is 0 Å². The van der Waals surface area contributed by atoms with Crippen molar-refractivity contribution < 1.29 is 23.8 Å². The van der Waals surface area contributed by atoms with Gasteiger partial charge in [-0.1, -0.05) is 30.3 Å². The molecule has 2 aromatic rings. The van der Waals surface area contributed by atoms with Crippen molar-refractivity contribution in [2.45, 2.75) is 19.4 Å². The highest BCUT2D eigenvalue weighted by atomic mass is 16.5. The number of ether oxygens (including phenoxy) is 3. The number of fused-ring (bicyclic) bond motifs is 1. The zero-order valence-corrected chi connectivity index (χ0v) is 16.2. The predicted molar refractivity (Wildman–Crippen MR) is 107 cm³/mol. The molecule has 1 amide bonds. The second kappa shape index (κ2) is 8.61. The van der Waals surface area contributed by atoms with E-state index < -0.39 is 5.97 Å². The Hall–Kier alpha value is -3.28. The van der Waals surface area contributed by atoms with E-state index >= 15 is 0 Å². The number of carbonyl (C=O) groups is 2. The Bertz CT molecular complexity index is 906. The van der Waals surface area contributed by atoms with E-state index in [9.17, 15) is 9.59 Å². The van der Waals surface area contributed by atoms with Crippen LogP contribution in [0.15, 0.2) is 48.5 Å². The number of nitrogens with zero attached hydrogens (tertiary/aromatic N) is 1. The number of methoxy groups -OCH3 is 2. The van der Waals surface area contributed by atoms with Gasteiger partial charge in [0, 0.05) is 23.4 Å². The Morgan fingerprint density at radius 1 is 1.11 bits per heavy atom. The first-order valence-corrected chi connectivity index (χ1v) is 9.01. The van der Waals surface area contributed by atoms with Crippen molar-refractivity contribution in [3.8, 4) is 11.5 Å². The molecule has 0 aromatic heterocycles. The van der Waals surface area contributed by atoms with Crippen LogP contribution in [0.3, 0.4) is 0 Å². The standard InChI is InChI=1S/C22H23NO5/c1-15-13-17-7-4-5-9-18(17)23(15)20(24)14-28-21(25)12-11-16-8-6-10-19(26-2)22(16)27-3/h4-12,15H,13-14H2,1-3H3/b12-11+. The monoisotopic (exact) mass is 381 g/mol. The molecule has 0 bridgehead atoms. The summed E-state index contributed by atoms with van der Waals surface area (Å²) < 4.78 is 15.7. The van der Waals surface area contributed by atoms with Gasteiger partial charge in [-0.2, -0.15) is 0 Å². The SMILES string of the molecule is COc1cccc(/C=C/C(=O)OCC(=O)N2c3ccccc3CC2C)c1OC. The van der Waals surface area contributed by atoms with Crippen LogP contribution in [0.2, 0.25) is 0 Å². The summed E-state index contributed by atoms with van der Waals surface area (Å²) in [5.74, 6) is 0.249. The van der Waals surface area contributed by atoms with Crippen molar-refractivity contribution in [2.75, 3.05) is 25.7 Å². The van der Waals surface area contributed by atoms with Crippen LogP contribution < -0.4 is 14.4 Å². The van der Waals surface area contributed by atoms with Crippen LogP contribution in [0, 0.1) is 0 Å². The molecule has 0 saturated heterocycles. The number of benzene rings is 2. The van der Waals surface area contributed by atoms with E-state index in [0.717, 1.165) is 17.7 Å². The lowest BCUT2D eigenvalue weighted by molar-refractivity contribution is -0.143. The number of amides is 1. The van der Waals surface area contributed by atoms with Gasteiger partial charge >= 0.3 is 5.97 Å². The van der Waals surface area contributed by atoms with Crippen molar-refractivity contribution in [3.05, 3.63) is 59.7 Å². The summed E-state index contributed by atoms with van der Waals surface area (Å²) in [6.07, 6.45) is 3.64. The summed E-state index contributed by atoms with van der Waals surface area (Å²) in [7, 11) is 3.07. The summed E-state index contributed by atoms with van der Waals surface area (Å²) in [6.45, 7) is 1.67. The summed E-state index contributed by atoms with van der Waals surface area (Å²) >= 11 is 0. The molecule has 0 N–H and O–H groups in total. The van der Waals surface area contributed by atoms with E-state index in [2.05, 4.69) is 0 Å². The van der Waals surface area contributed by atoms with Gasteiger partial charge in [0.15, 0.2) is 18.1 Å². The Kier molecular flexibility index (Phi) is 5.99. The van der Waals surface area contributed by atoms with Crippen LogP contribution in [0.4, 0.5) is 5.69 Å². The summed E-state index contributed by atoms with van der Waals surface area (Å²) in [4.78, 5) is 26.3. The first kappa shape index (κ1) is 19.5. The lowest BCUT2D eigenvalue weighted by atomic mass is 10.1. The molecule has 6 heteroatoms. The van der Waals surface area contributed by atoms with Gasteiger partial charge in [-0.15, -0.1) is 0 Å². The third-order valence-electron chi connectivity index (χ3n) is 4.65. The Morgan fingerprint density at radius 3 is 2.64 bits per heavy atom. The van der Waals surface area contributed by atoms with Gasteiger partial charge in [-0.25, -0.2) is 4.79 Å². The maximum atomic E-state index is 12.6. The Morgan fingerprint density at radius 2 is 1.89 bits per heavy atom. The fourth-order valence-electron chi connectivity index (χ4n) is 3.40. The molecule has 1 aliphatic rings. The van der Waals surface area contributed by atoms with Gasteiger partial charge in [-0.05, 0) is 37.1 Å². The Labute approximate surface area is 164 Å². The molecular formula is C22H23NO5. The minimum absolute atomic E-state index is 0.0418. The first-order valence-electron chi connectivity index (χ1n) is 9.01. The van der Waals surface area contributed by atoms with Crippen molar-refractivity contribution in [2.24, 2.45) is 0 Å². The van der Waals surface area contributed by atoms with Gasteiger partial charge in [-0.3, -0.25) is 4.79 Å². The van der Waals surface area contributed by atoms with E-state index in [1.54, 1.807) is 36.3 Å². The molecule has 2 aromatic carbocycles. The Balaban J connectivity index is 1.62. The number of rotatable bonds is 6. The quantitative estimate of drug-likeness (QED) is 0.568. The van der Waals surface area contributed by atoms with Crippen LogP contribution in [0.25, 0.3) is 6.08 Å². The van der Waals surface area contributed by atoms with Crippen molar-refractivity contribution in [1.29, 1.82) is 0 Å². The number of esters is 1. The minimum Gasteiger partial charge on any atom is -0.493 e. The molecule has 1 aliphatic heterocycles. The summed E-state index contributed by atoms with van der Waals surface area (Å²) in [5.41, 5.74) is 2.68. The number of para-hydroxylation sites is 2. The number of carbonyl (C=O) groups excluding carboxylic acids is 2. The molecule has 1 heterocycles. The molecule has 1 unspecified atom stereocenters. The number of hydrogen-bond donors (Lipinski definition) is 0. The largest absolute Gasteiger partial charge is 0.493 e. The lowest BCUT2D eigenvalue weighted by Gasteiger charge is -2.22. The second-order valence-electron chi connectivity index (χ2n) is 6.47. The van der Waals surface area contributed by atoms with E-state index in [4.69, 9.17) is 14.2 Å². The van der Waals surface area contributed by atoms with E-state index in [1.165, 1.54) is 13.2 Å². The smallest absolute Gasteiger partial charge is 0.331 e. The third-order valence-corrected chi connectivity index (χ3v) is 4.65. The van der Waals surface area contributed by atoms with Gasteiger partial charge in [0.2, 0.25) is 0 Å². The van der Waals surface area contributed by atoms with Crippen molar-refractivity contribution in [3.63, 3.8) is 0 Å². The molecule has 28 heavy (non-hydrogen) atoms. The molecule has 0 spiro atoms. The minimum atomic E-state index is -0.599.